The number of hydrogen-bond donors (Lipinski definition) is 2. The quantitative estimate of drug-likeness (QED) is 0.165. The lowest BCUT2D eigenvalue weighted by Crippen LogP contribution is -2.39. The van der Waals surface area contributed by atoms with Gasteiger partial charge in [-0.3, -0.25) is 23.9 Å². The van der Waals surface area contributed by atoms with Crippen molar-refractivity contribution in [2.45, 2.75) is 76.3 Å². The first-order valence-corrected chi connectivity index (χ1v) is 15.7. The molecule has 2 heterocycles. The average molecular weight is 697 g/mol. The molecule has 1 amide bonds. The van der Waals surface area contributed by atoms with Crippen LogP contribution in [0.2, 0.25) is 0 Å². The van der Waals surface area contributed by atoms with Crippen LogP contribution < -0.4 is 5.32 Å². The standard InChI is InChI=1S/C30H38N4O3.C4F6O2/c1-2-34-28(22-26(32-34)21-23-9-5-3-6-10-23)25-15-18-33(19-16-25)20-17-27(24-11-7-4-8-12-24)31-29(35)13-14-30(36)37;5-3(6,7)1(11)2(12)4(8,9)10/h3-12,22,25,27H,2,13-21H2,1H3,(H,31,35)(H,36,37);/t27-;/m0./s1. The van der Waals surface area contributed by atoms with Crippen molar-refractivity contribution in [3.05, 3.63) is 89.2 Å². The molecule has 1 aliphatic heterocycles. The van der Waals surface area contributed by atoms with Gasteiger partial charge in [0.25, 0.3) is 0 Å². The van der Waals surface area contributed by atoms with E-state index in [-0.39, 0.29) is 24.8 Å². The predicted molar refractivity (Wildman–Crippen MR) is 167 cm³/mol. The van der Waals surface area contributed by atoms with Crippen molar-refractivity contribution in [1.82, 2.24) is 20.0 Å². The van der Waals surface area contributed by atoms with E-state index in [9.17, 15) is 45.5 Å². The first kappa shape index (κ1) is 38.9. The van der Waals surface area contributed by atoms with Gasteiger partial charge in [0.15, 0.2) is 0 Å². The number of aromatic nitrogens is 2. The minimum absolute atomic E-state index is 0.00142. The molecule has 15 heteroatoms. The van der Waals surface area contributed by atoms with Crippen molar-refractivity contribution in [1.29, 1.82) is 0 Å². The number of rotatable bonds is 13. The lowest BCUT2D eigenvalue weighted by Gasteiger charge is -2.33. The fraction of sp³-hybridized carbons (Fsp3) is 0.441. The Kier molecular flexibility index (Phi) is 14.1. The lowest BCUT2D eigenvalue weighted by atomic mass is 9.92. The van der Waals surface area contributed by atoms with Crippen LogP contribution in [0.1, 0.15) is 73.5 Å². The summed E-state index contributed by atoms with van der Waals surface area (Å²) in [6.07, 6.45) is -7.85. The van der Waals surface area contributed by atoms with Gasteiger partial charge in [0.05, 0.1) is 18.2 Å². The molecular formula is C34H38F6N4O5. The molecule has 2 N–H and O–H groups in total. The Morgan fingerprint density at radius 1 is 0.878 bits per heavy atom. The van der Waals surface area contributed by atoms with Gasteiger partial charge in [0, 0.05) is 37.5 Å². The summed E-state index contributed by atoms with van der Waals surface area (Å²) in [5.41, 5.74) is 4.82. The van der Waals surface area contributed by atoms with Gasteiger partial charge in [-0.05, 0) is 56.5 Å². The van der Waals surface area contributed by atoms with Crippen molar-refractivity contribution in [2.24, 2.45) is 0 Å². The number of nitrogens with zero attached hydrogens (tertiary/aromatic N) is 3. The van der Waals surface area contributed by atoms with Crippen LogP contribution in [0.3, 0.4) is 0 Å². The number of halogens is 6. The molecule has 1 aromatic heterocycles. The third-order valence-electron chi connectivity index (χ3n) is 7.95. The molecule has 9 nitrogen and oxygen atoms in total. The zero-order valence-electron chi connectivity index (χ0n) is 26.8. The summed E-state index contributed by atoms with van der Waals surface area (Å²) in [5.74, 6) is -7.47. The number of piperidine rings is 1. The Morgan fingerprint density at radius 2 is 1.43 bits per heavy atom. The molecule has 0 bridgehead atoms. The number of alkyl halides is 6. The zero-order chi connectivity index (χ0) is 36.2. The van der Waals surface area contributed by atoms with Crippen LogP contribution in [0, 0.1) is 0 Å². The molecule has 49 heavy (non-hydrogen) atoms. The van der Waals surface area contributed by atoms with E-state index in [1.807, 2.05) is 36.4 Å². The molecule has 0 aliphatic carbocycles. The first-order chi connectivity index (χ1) is 23.1. The second-order valence-corrected chi connectivity index (χ2v) is 11.5. The molecule has 0 radical (unpaired) electrons. The number of Topliss-reactive ketones (excluding diaryl/α,β-unsaturated/α-hetero) is 2. The van der Waals surface area contributed by atoms with Gasteiger partial charge in [0.2, 0.25) is 5.91 Å². The maximum atomic E-state index is 12.4. The Hall–Kier alpha value is -4.53. The van der Waals surface area contributed by atoms with Gasteiger partial charge in [-0.2, -0.15) is 31.4 Å². The smallest absolute Gasteiger partial charge is 0.458 e. The van der Waals surface area contributed by atoms with Crippen LogP contribution in [0.5, 0.6) is 0 Å². The maximum Gasteiger partial charge on any atom is 0.458 e. The van der Waals surface area contributed by atoms with Crippen LogP contribution in [0.4, 0.5) is 26.3 Å². The largest absolute Gasteiger partial charge is 0.481 e. The van der Waals surface area contributed by atoms with Crippen LogP contribution >= 0.6 is 0 Å². The van der Waals surface area contributed by atoms with Gasteiger partial charge in [-0.25, -0.2) is 0 Å². The molecule has 1 atom stereocenters. The summed E-state index contributed by atoms with van der Waals surface area (Å²) in [6.45, 7) is 5.96. The minimum atomic E-state index is -5.77. The summed E-state index contributed by atoms with van der Waals surface area (Å²) >= 11 is 0. The van der Waals surface area contributed by atoms with E-state index < -0.39 is 29.9 Å². The van der Waals surface area contributed by atoms with Gasteiger partial charge in [-0.15, -0.1) is 0 Å². The van der Waals surface area contributed by atoms with Gasteiger partial charge in [0.1, 0.15) is 0 Å². The number of nitrogens with one attached hydrogen (secondary N) is 1. The number of hydrogen-bond acceptors (Lipinski definition) is 6. The minimum Gasteiger partial charge on any atom is -0.481 e. The van der Waals surface area contributed by atoms with E-state index in [1.165, 1.54) is 11.3 Å². The van der Waals surface area contributed by atoms with E-state index in [0.717, 1.165) is 63.1 Å². The maximum absolute atomic E-state index is 12.4. The van der Waals surface area contributed by atoms with Crippen molar-refractivity contribution < 1.29 is 50.6 Å². The molecular weight excluding hydrogens is 658 g/mol. The van der Waals surface area contributed by atoms with Gasteiger partial charge < -0.3 is 15.3 Å². The Bertz CT molecular complexity index is 1510. The molecule has 0 saturated carbocycles. The molecule has 0 unspecified atom stereocenters. The van der Waals surface area contributed by atoms with E-state index in [1.54, 1.807) is 0 Å². The highest BCUT2D eigenvalue weighted by Crippen LogP contribution is 2.30. The first-order valence-electron chi connectivity index (χ1n) is 15.7. The number of aliphatic carboxylic acids is 1. The highest BCUT2D eigenvalue weighted by Gasteiger charge is 2.54. The SMILES string of the molecule is CCn1nc(Cc2ccccc2)cc1C1CCN(CC[C@H](NC(=O)CCC(=O)O)c2ccccc2)CC1.O=C(C(=O)C(F)(F)F)C(F)(F)F. The van der Waals surface area contributed by atoms with Crippen LogP contribution in [-0.4, -0.2) is 75.2 Å². The second kappa shape index (κ2) is 17.7. The number of likely N-dealkylation sites (tertiary alicyclic amines) is 1. The van der Waals surface area contributed by atoms with Crippen molar-refractivity contribution in [2.75, 3.05) is 19.6 Å². The summed E-state index contributed by atoms with van der Waals surface area (Å²) in [5, 5.41) is 16.9. The number of aryl methyl sites for hydroxylation is 1. The molecule has 4 rings (SSSR count). The summed E-state index contributed by atoms with van der Waals surface area (Å²) in [4.78, 5) is 44.9. The Morgan fingerprint density at radius 3 is 1.94 bits per heavy atom. The predicted octanol–water partition coefficient (Wildman–Crippen LogP) is 6.03. The third kappa shape index (κ3) is 12.5. The van der Waals surface area contributed by atoms with Gasteiger partial charge >= 0.3 is 29.9 Å². The summed E-state index contributed by atoms with van der Waals surface area (Å²) in [6, 6.07) is 22.6. The number of carbonyl (C=O) groups excluding carboxylic acids is 3. The van der Waals surface area contributed by atoms with Crippen molar-refractivity contribution in [3.8, 4) is 0 Å². The van der Waals surface area contributed by atoms with Crippen LogP contribution in [0.25, 0.3) is 0 Å². The molecule has 1 aliphatic rings. The average Bonchev–Trinajstić information content (AvgIpc) is 3.48. The van der Waals surface area contributed by atoms with E-state index >= 15 is 0 Å². The van der Waals surface area contributed by atoms with E-state index in [2.05, 4.69) is 52.2 Å². The number of benzene rings is 2. The Labute approximate surface area is 279 Å². The molecule has 266 valence electrons. The molecule has 2 aromatic carbocycles. The number of amides is 1. The van der Waals surface area contributed by atoms with E-state index in [0.29, 0.717) is 5.92 Å². The number of carboxylic acid groups (broad SMARTS) is 1. The van der Waals surface area contributed by atoms with Crippen molar-refractivity contribution >= 4 is 23.4 Å². The molecule has 3 aromatic rings. The number of carbonyl (C=O) groups is 4. The van der Waals surface area contributed by atoms with Crippen molar-refractivity contribution in [3.63, 3.8) is 0 Å². The molecule has 1 saturated heterocycles. The van der Waals surface area contributed by atoms with Crippen LogP contribution in [0.15, 0.2) is 66.7 Å². The fourth-order valence-corrected chi connectivity index (χ4v) is 5.48. The summed E-state index contributed by atoms with van der Waals surface area (Å²) < 4.78 is 69.1. The number of ketones is 2. The zero-order valence-corrected chi connectivity index (χ0v) is 26.8. The fourth-order valence-electron chi connectivity index (χ4n) is 5.48. The van der Waals surface area contributed by atoms with E-state index in [4.69, 9.17) is 10.2 Å². The number of carboxylic acids is 1. The normalized spacial score (nSPS) is 14.8. The second-order valence-electron chi connectivity index (χ2n) is 11.5. The van der Waals surface area contributed by atoms with Gasteiger partial charge in [-0.1, -0.05) is 60.7 Å². The summed E-state index contributed by atoms with van der Waals surface area (Å²) in [7, 11) is 0. The monoisotopic (exact) mass is 696 g/mol. The lowest BCUT2D eigenvalue weighted by molar-refractivity contribution is -0.193. The highest BCUT2D eigenvalue weighted by atomic mass is 19.4. The topological polar surface area (TPSA) is 122 Å². The third-order valence-corrected chi connectivity index (χ3v) is 7.95. The Balaban J connectivity index is 0.000000463. The highest BCUT2D eigenvalue weighted by molar-refractivity contribution is 6.41. The molecule has 0 spiro atoms. The van der Waals surface area contributed by atoms with Crippen LogP contribution in [-0.2, 0) is 32.1 Å². The molecule has 1 fully saturated rings.